The molecule has 1 fully saturated rings. The Kier molecular flexibility index (Phi) is 5.99. The Balaban J connectivity index is 1.53. The van der Waals surface area contributed by atoms with Crippen LogP contribution in [-0.4, -0.2) is 41.8 Å². The van der Waals surface area contributed by atoms with E-state index in [1.54, 1.807) is 29.2 Å². The average molecular weight is 402 g/mol. The number of carbonyl (C=O) groups excluding carboxylic acids is 4. The summed E-state index contributed by atoms with van der Waals surface area (Å²) in [5.41, 5.74) is 1.22. The molecule has 0 bridgehead atoms. The molecule has 1 saturated heterocycles. The van der Waals surface area contributed by atoms with Crippen LogP contribution < -0.4 is 15.5 Å². The maximum Gasteiger partial charge on any atom is 0.358 e. The largest absolute Gasteiger partial charge is 0.451 e. The lowest BCUT2D eigenvalue weighted by Gasteiger charge is -2.16. The highest BCUT2D eigenvalue weighted by Gasteiger charge is 2.22. The minimum Gasteiger partial charge on any atom is -0.451 e. The molecule has 3 amide bonds. The molecule has 2 N–H and O–H groups in total. The van der Waals surface area contributed by atoms with E-state index < -0.39 is 18.5 Å². The van der Waals surface area contributed by atoms with Crippen LogP contribution in [0, 0.1) is 0 Å². The number of nitrogens with zero attached hydrogens (tertiary/aromatic N) is 2. The third-order valence-electron chi connectivity index (χ3n) is 3.85. The number of benzene rings is 1. The van der Waals surface area contributed by atoms with Crippen molar-refractivity contribution in [2.75, 3.05) is 28.7 Å². The van der Waals surface area contributed by atoms with Gasteiger partial charge in [-0.05, 0) is 24.6 Å². The Labute approximate surface area is 164 Å². The number of anilines is 3. The minimum atomic E-state index is -0.764. The van der Waals surface area contributed by atoms with E-state index in [1.807, 2.05) is 0 Å². The second-order valence-corrected chi connectivity index (χ2v) is 6.90. The fraction of sp³-hybridized carbons (Fsp3) is 0.278. The molecule has 0 saturated carbocycles. The number of nitrogens with one attached hydrogen (secondary N) is 2. The van der Waals surface area contributed by atoms with Gasteiger partial charge in [-0.25, -0.2) is 9.78 Å². The first kappa shape index (κ1) is 19.5. The number of esters is 1. The fourth-order valence-electron chi connectivity index (χ4n) is 2.65. The van der Waals surface area contributed by atoms with Crippen molar-refractivity contribution >= 4 is 51.5 Å². The van der Waals surface area contributed by atoms with Gasteiger partial charge in [0.15, 0.2) is 17.4 Å². The Morgan fingerprint density at radius 1 is 1.29 bits per heavy atom. The minimum absolute atomic E-state index is 0.0103. The third kappa shape index (κ3) is 4.92. The molecule has 1 aliphatic rings. The van der Waals surface area contributed by atoms with Gasteiger partial charge in [-0.3, -0.25) is 14.4 Å². The summed E-state index contributed by atoms with van der Waals surface area (Å²) < 4.78 is 4.94. The number of ether oxygens (including phenoxy) is 1. The molecule has 146 valence electrons. The van der Waals surface area contributed by atoms with Crippen LogP contribution in [0.4, 0.5) is 16.5 Å². The maximum atomic E-state index is 12.1. The summed E-state index contributed by atoms with van der Waals surface area (Å²) in [7, 11) is 0. The standard InChI is InChI=1S/C18H18N4O5S/c1-11(23)19-18-21-14(10-28-18)17(26)27-9-15(24)20-12-4-2-5-13(8-12)22-7-3-6-16(22)25/h2,4-5,8,10H,3,6-7,9H2,1H3,(H,20,24)(H,19,21,23). The van der Waals surface area contributed by atoms with Gasteiger partial charge in [0.05, 0.1) is 0 Å². The van der Waals surface area contributed by atoms with Gasteiger partial charge in [0.25, 0.3) is 5.91 Å². The van der Waals surface area contributed by atoms with E-state index in [0.717, 1.165) is 17.8 Å². The normalized spacial score (nSPS) is 13.3. The van der Waals surface area contributed by atoms with E-state index in [4.69, 9.17) is 4.74 Å². The number of amides is 3. The first-order valence-corrected chi connectivity index (χ1v) is 9.41. The van der Waals surface area contributed by atoms with Gasteiger partial charge in [-0.1, -0.05) is 6.07 Å². The Morgan fingerprint density at radius 3 is 2.82 bits per heavy atom. The SMILES string of the molecule is CC(=O)Nc1nc(C(=O)OCC(=O)Nc2cccc(N3CCCC3=O)c2)cs1. The van der Waals surface area contributed by atoms with Crippen LogP contribution in [-0.2, 0) is 19.1 Å². The monoisotopic (exact) mass is 402 g/mol. The number of rotatable bonds is 6. The second kappa shape index (κ2) is 8.61. The number of carbonyl (C=O) groups is 4. The molecule has 3 rings (SSSR count). The summed E-state index contributed by atoms with van der Waals surface area (Å²) in [6.45, 7) is 1.50. The number of hydrogen-bond acceptors (Lipinski definition) is 7. The topological polar surface area (TPSA) is 118 Å². The average Bonchev–Trinajstić information content (AvgIpc) is 3.28. The zero-order valence-electron chi connectivity index (χ0n) is 15.1. The summed E-state index contributed by atoms with van der Waals surface area (Å²) in [5.74, 6) is -1.53. The molecule has 2 heterocycles. The highest BCUT2D eigenvalue weighted by molar-refractivity contribution is 7.14. The molecule has 0 unspecified atom stereocenters. The number of hydrogen-bond donors (Lipinski definition) is 2. The maximum absolute atomic E-state index is 12.1. The number of thiazole rings is 1. The highest BCUT2D eigenvalue weighted by Crippen LogP contribution is 2.24. The molecule has 0 aliphatic carbocycles. The van der Waals surface area contributed by atoms with E-state index in [1.165, 1.54) is 12.3 Å². The van der Waals surface area contributed by atoms with Crippen LogP contribution in [0.25, 0.3) is 0 Å². The lowest BCUT2D eigenvalue weighted by molar-refractivity contribution is -0.119. The van der Waals surface area contributed by atoms with Gasteiger partial charge in [0.1, 0.15) is 0 Å². The molecule has 0 radical (unpaired) electrons. The summed E-state index contributed by atoms with van der Waals surface area (Å²) >= 11 is 1.08. The molecular weight excluding hydrogens is 384 g/mol. The van der Waals surface area contributed by atoms with Crippen LogP contribution in [0.15, 0.2) is 29.6 Å². The molecule has 1 aromatic carbocycles. The lowest BCUT2D eigenvalue weighted by Crippen LogP contribution is -2.24. The summed E-state index contributed by atoms with van der Waals surface area (Å²) in [6.07, 6.45) is 1.33. The van der Waals surface area contributed by atoms with Crippen molar-refractivity contribution in [3.05, 3.63) is 35.3 Å². The molecule has 1 aliphatic heterocycles. The smallest absolute Gasteiger partial charge is 0.358 e. The van der Waals surface area contributed by atoms with Crippen molar-refractivity contribution in [2.24, 2.45) is 0 Å². The van der Waals surface area contributed by atoms with Crippen LogP contribution in [0.2, 0.25) is 0 Å². The van der Waals surface area contributed by atoms with Crippen molar-refractivity contribution in [1.29, 1.82) is 0 Å². The first-order valence-electron chi connectivity index (χ1n) is 8.53. The molecule has 0 atom stereocenters. The van der Waals surface area contributed by atoms with E-state index >= 15 is 0 Å². The lowest BCUT2D eigenvalue weighted by atomic mass is 10.2. The summed E-state index contributed by atoms with van der Waals surface area (Å²) in [5, 5.41) is 6.80. The second-order valence-electron chi connectivity index (χ2n) is 6.04. The molecule has 0 spiro atoms. The van der Waals surface area contributed by atoms with Crippen molar-refractivity contribution < 1.29 is 23.9 Å². The Bertz CT molecular complexity index is 926. The highest BCUT2D eigenvalue weighted by atomic mass is 32.1. The van der Waals surface area contributed by atoms with Crippen molar-refractivity contribution in [1.82, 2.24) is 4.98 Å². The number of aromatic nitrogens is 1. The van der Waals surface area contributed by atoms with Crippen molar-refractivity contribution in [2.45, 2.75) is 19.8 Å². The van der Waals surface area contributed by atoms with Crippen molar-refractivity contribution in [3.63, 3.8) is 0 Å². The third-order valence-corrected chi connectivity index (χ3v) is 4.60. The van der Waals surface area contributed by atoms with E-state index in [2.05, 4.69) is 15.6 Å². The quantitative estimate of drug-likeness (QED) is 0.714. The van der Waals surface area contributed by atoms with E-state index in [-0.39, 0.29) is 22.6 Å². The molecule has 9 nitrogen and oxygen atoms in total. The van der Waals surface area contributed by atoms with Gasteiger partial charge in [0, 0.05) is 36.6 Å². The molecular formula is C18H18N4O5S. The van der Waals surface area contributed by atoms with E-state index in [0.29, 0.717) is 24.3 Å². The predicted molar refractivity (Wildman–Crippen MR) is 103 cm³/mol. The first-order chi connectivity index (χ1) is 13.4. The van der Waals surface area contributed by atoms with Gasteiger partial charge in [-0.15, -0.1) is 11.3 Å². The Morgan fingerprint density at radius 2 is 2.11 bits per heavy atom. The van der Waals surface area contributed by atoms with E-state index in [9.17, 15) is 19.2 Å². The van der Waals surface area contributed by atoms with Gasteiger partial charge in [-0.2, -0.15) is 0 Å². The predicted octanol–water partition coefficient (Wildman–Crippen LogP) is 2.02. The fourth-order valence-corrected chi connectivity index (χ4v) is 3.38. The van der Waals surface area contributed by atoms with Crippen LogP contribution in [0.5, 0.6) is 0 Å². The zero-order valence-corrected chi connectivity index (χ0v) is 15.9. The molecule has 28 heavy (non-hydrogen) atoms. The molecule has 2 aromatic rings. The van der Waals surface area contributed by atoms with Gasteiger partial charge < -0.3 is 20.3 Å². The summed E-state index contributed by atoms with van der Waals surface area (Å²) in [6, 6.07) is 6.92. The van der Waals surface area contributed by atoms with Gasteiger partial charge in [0.2, 0.25) is 11.8 Å². The zero-order chi connectivity index (χ0) is 20.1. The van der Waals surface area contributed by atoms with Crippen LogP contribution >= 0.6 is 11.3 Å². The van der Waals surface area contributed by atoms with Crippen molar-refractivity contribution in [3.8, 4) is 0 Å². The summed E-state index contributed by atoms with van der Waals surface area (Å²) in [4.78, 5) is 52.4. The molecule has 1 aromatic heterocycles. The van der Waals surface area contributed by atoms with Crippen LogP contribution in [0.1, 0.15) is 30.3 Å². The van der Waals surface area contributed by atoms with Crippen LogP contribution in [0.3, 0.4) is 0 Å². The molecule has 10 heteroatoms. The van der Waals surface area contributed by atoms with Gasteiger partial charge >= 0.3 is 5.97 Å². The Hall–Kier alpha value is -3.27.